The second-order valence-electron chi connectivity index (χ2n) is 12.8. The molecule has 10 heteroatoms. The van der Waals surface area contributed by atoms with Gasteiger partial charge in [0.1, 0.15) is 5.60 Å². The minimum absolute atomic E-state index is 0.111. The summed E-state index contributed by atoms with van der Waals surface area (Å²) in [6.45, 7) is 0. The molecule has 0 amide bonds. The monoisotopic (exact) mass is 711 g/mol. The second-order valence-corrected chi connectivity index (χ2v) is 16.4. The molecule has 51 heavy (non-hydrogen) atoms. The van der Waals surface area contributed by atoms with Gasteiger partial charge in [0, 0.05) is 34.3 Å². The SMILES string of the molecule is O=S(=O)(c1ccccc1)n1cc(-c2ccnc3c2cc(-c2ccccc2)n3S(=O)(=O)c2ccccc2)c2cc(C#CC3(O)CCCCC3)ccc21. The molecule has 0 atom stereocenters. The van der Waals surface area contributed by atoms with Gasteiger partial charge in [0.05, 0.1) is 21.0 Å². The first-order valence-electron chi connectivity index (χ1n) is 16.7. The minimum Gasteiger partial charge on any atom is -0.378 e. The molecule has 1 saturated carbocycles. The molecule has 1 aliphatic carbocycles. The predicted molar refractivity (Wildman–Crippen MR) is 199 cm³/mol. The highest BCUT2D eigenvalue weighted by Gasteiger charge is 2.29. The molecule has 8 rings (SSSR count). The average Bonchev–Trinajstić information content (AvgIpc) is 3.76. The highest BCUT2D eigenvalue weighted by atomic mass is 32.2. The summed E-state index contributed by atoms with van der Waals surface area (Å²) in [5.74, 6) is 6.25. The Morgan fingerprint density at radius 1 is 0.667 bits per heavy atom. The lowest BCUT2D eigenvalue weighted by atomic mass is 9.85. The Bertz CT molecular complexity index is 2700. The van der Waals surface area contributed by atoms with Gasteiger partial charge >= 0.3 is 0 Å². The number of nitrogens with zero attached hydrogens (tertiary/aromatic N) is 3. The first-order valence-corrected chi connectivity index (χ1v) is 19.6. The third-order valence-corrected chi connectivity index (χ3v) is 12.9. The molecule has 0 saturated heterocycles. The molecule has 0 radical (unpaired) electrons. The summed E-state index contributed by atoms with van der Waals surface area (Å²) < 4.78 is 59.5. The topological polar surface area (TPSA) is 111 Å². The number of hydrogen-bond donors (Lipinski definition) is 1. The van der Waals surface area contributed by atoms with Crippen LogP contribution in [-0.2, 0) is 20.0 Å². The summed E-state index contributed by atoms with van der Waals surface area (Å²) in [4.78, 5) is 4.84. The molecule has 1 aliphatic rings. The molecule has 0 bridgehead atoms. The molecular weight excluding hydrogens is 679 g/mol. The maximum atomic E-state index is 14.3. The first-order chi connectivity index (χ1) is 24.7. The maximum Gasteiger partial charge on any atom is 0.269 e. The summed E-state index contributed by atoms with van der Waals surface area (Å²) in [5, 5.41) is 12.2. The van der Waals surface area contributed by atoms with Crippen LogP contribution < -0.4 is 0 Å². The molecule has 3 aromatic heterocycles. The van der Waals surface area contributed by atoms with Crippen molar-refractivity contribution in [2.24, 2.45) is 0 Å². The fraction of sp³-hybridized carbons (Fsp3) is 0.146. The van der Waals surface area contributed by atoms with E-state index in [1.807, 2.05) is 36.4 Å². The highest BCUT2D eigenvalue weighted by Crippen LogP contribution is 2.40. The number of aromatic nitrogens is 3. The maximum absolute atomic E-state index is 14.3. The molecule has 7 aromatic rings. The van der Waals surface area contributed by atoms with Crippen molar-refractivity contribution >= 4 is 42.0 Å². The van der Waals surface area contributed by atoms with Crippen LogP contribution in [-0.4, -0.2) is 40.5 Å². The molecular formula is C41H33N3O5S2. The van der Waals surface area contributed by atoms with E-state index in [1.165, 1.54) is 7.94 Å². The highest BCUT2D eigenvalue weighted by molar-refractivity contribution is 7.90. The van der Waals surface area contributed by atoms with Crippen LogP contribution in [0.1, 0.15) is 37.7 Å². The molecule has 0 aliphatic heterocycles. The number of benzene rings is 4. The van der Waals surface area contributed by atoms with Crippen molar-refractivity contribution in [2.75, 3.05) is 0 Å². The first kappa shape index (κ1) is 32.7. The molecule has 254 valence electrons. The summed E-state index contributed by atoms with van der Waals surface area (Å²) in [7, 11) is -8.16. The van der Waals surface area contributed by atoms with Gasteiger partial charge in [-0.25, -0.2) is 29.8 Å². The van der Waals surface area contributed by atoms with Crippen LogP contribution in [0.4, 0.5) is 0 Å². The summed E-state index contributed by atoms with van der Waals surface area (Å²) in [6, 6.07) is 34.6. The fourth-order valence-electron chi connectivity index (χ4n) is 6.91. The van der Waals surface area contributed by atoms with Crippen molar-refractivity contribution < 1.29 is 21.9 Å². The number of pyridine rings is 1. The summed E-state index contributed by atoms with van der Waals surface area (Å²) in [6.07, 6.45) is 7.25. The van der Waals surface area contributed by atoms with E-state index in [4.69, 9.17) is 0 Å². The van der Waals surface area contributed by atoms with Gasteiger partial charge in [-0.15, -0.1) is 0 Å². The van der Waals surface area contributed by atoms with Crippen LogP contribution >= 0.6 is 0 Å². The van der Waals surface area contributed by atoms with Gasteiger partial charge in [-0.1, -0.05) is 85.0 Å². The van der Waals surface area contributed by atoms with Crippen LogP contribution in [0.2, 0.25) is 0 Å². The Morgan fingerprint density at radius 3 is 1.96 bits per heavy atom. The smallest absolute Gasteiger partial charge is 0.269 e. The minimum atomic E-state index is -4.12. The largest absolute Gasteiger partial charge is 0.378 e. The van der Waals surface area contributed by atoms with Gasteiger partial charge in [-0.05, 0) is 91.4 Å². The van der Waals surface area contributed by atoms with Crippen LogP contribution in [0.25, 0.3) is 44.3 Å². The lowest BCUT2D eigenvalue weighted by molar-refractivity contribution is 0.0610. The van der Waals surface area contributed by atoms with E-state index in [1.54, 1.807) is 97.3 Å². The lowest BCUT2D eigenvalue weighted by Crippen LogP contribution is -2.29. The number of rotatable bonds is 6. The zero-order valence-electron chi connectivity index (χ0n) is 27.5. The van der Waals surface area contributed by atoms with Crippen LogP contribution in [0.3, 0.4) is 0 Å². The van der Waals surface area contributed by atoms with Gasteiger partial charge in [-0.2, -0.15) is 0 Å². The van der Waals surface area contributed by atoms with E-state index in [2.05, 4.69) is 16.8 Å². The van der Waals surface area contributed by atoms with Gasteiger partial charge < -0.3 is 5.11 Å². The van der Waals surface area contributed by atoms with Crippen LogP contribution in [0.15, 0.2) is 144 Å². The summed E-state index contributed by atoms with van der Waals surface area (Å²) in [5.41, 5.74) is 2.45. The Kier molecular flexibility index (Phi) is 8.14. The fourth-order valence-corrected chi connectivity index (χ4v) is 9.80. The third-order valence-electron chi connectivity index (χ3n) is 9.49. The van der Waals surface area contributed by atoms with Gasteiger partial charge in [0.15, 0.2) is 5.65 Å². The molecule has 0 unspecified atom stereocenters. The van der Waals surface area contributed by atoms with Crippen LogP contribution in [0, 0.1) is 11.8 Å². The van der Waals surface area contributed by atoms with E-state index >= 15 is 0 Å². The van der Waals surface area contributed by atoms with E-state index in [-0.39, 0.29) is 15.4 Å². The number of fused-ring (bicyclic) bond motifs is 2. The van der Waals surface area contributed by atoms with Gasteiger partial charge in [-0.3, -0.25) is 0 Å². The molecule has 0 spiro atoms. The van der Waals surface area contributed by atoms with Crippen LogP contribution in [0.5, 0.6) is 0 Å². The van der Waals surface area contributed by atoms with Crippen molar-refractivity contribution in [3.63, 3.8) is 0 Å². The molecule has 4 aromatic carbocycles. The molecule has 1 N–H and O–H groups in total. The zero-order chi connectivity index (χ0) is 35.2. The van der Waals surface area contributed by atoms with Crippen molar-refractivity contribution in [1.82, 2.24) is 12.9 Å². The second kappa shape index (κ2) is 12.7. The quantitative estimate of drug-likeness (QED) is 0.176. The Morgan fingerprint density at radius 2 is 1.29 bits per heavy atom. The molecule has 3 heterocycles. The Hall–Kier alpha value is -5.47. The van der Waals surface area contributed by atoms with Gasteiger partial charge in [0.2, 0.25) is 0 Å². The number of hydrogen-bond acceptors (Lipinski definition) is 6. The number of aliphatic hydroxyl groups is 1. The van der Waals surface area contributed by atoms with E-state index < -0.39 is 25.6 Å². The van der Waals surface area contributed by atoms with Crippen molar-refractivity contribution in [2.45, 2.75) is 47.5 Å². The van der Waals surface area contributed by atoms with Gasteiger partial charge in [0.25, 0.3) is 20.0 Å². The Balaban J connectivity index is 1.40. The average molecular weight is 712 g/mol. The molecule has 8 nitrogen and oxygen atoms in total. The Labute approximate surface area is 296 Å². The standard InChI is InChI=1S/C41H33N3O5S2/c45-41(23-11-4-12-24-41)25-21-30-19-20-38-35(27-30)37(29-43(38)50(46,47)32-15-7-2-8-16-32)34-22-26-42-40-36(34)28-39(31-13-5-1-6-14-31)44(40)51(48,49)33-17-9-3-10-18-33/h1-3,5-10,13-20,22,26-29,45H,4,11-12,23-24H2. The van der Waals surface area contributed by atoms with Crippen molar-refractivity contribution in [3.05, 3.63) is 139 Å². The lowest BCUT2D eigenvalue weighted by Gasteiger charge is -2.26. The summed E-state index contributed by atoms with van der Waals surface area (Å²) >= 11 is 0. The van der Waals surface area contributed by atoms with Crippen molar-refractivity contribution in [1.29, 1.82) is 0 Å². The normalized spacial score (nSPS) is 14.7. The predicted octanol–water partition coefficient (Wildman–Crippen LogP) is 7.85. The zero-order valence-corrected chi connectivity index (χ0v) is 29.1. The molecule has 1 fully saturated rings. The van der Waals surface area contributed by atoms with E-state index in [0.29, 0.717) is 57.1 Å². The van der Waals surface area contributed by atoms with E-state index in [0.717, 1.165) is 19.3 Å². The van der Waals surface area contributed by atoms with E-state index in [9.17, 15) is 21.9 Å². The third kappa shape index (κ3) is 5.83. The van der Waals surface area contributed by atoms with Crippen molar-refractivity contribution in [3.8, 4) is 34.2 Å².